The van der Waals surface area contributed by atoms with Crippen molar-refractivity contribution in [3.05, 3.63) is 34.6 Å². The fraction of sp³-hybridized carbons (Fsp3) is 0.647. The van der Waals surface area contributed by atoms with Crippen molar-refractivity contribution < 1.29 is 4.39 Å². The van der Waals surface area contributed by atoms with Crippen molar-refractivity contribution in [2.45, 2.75) is 63.8 Å². The molecule has 0 radical (unpaired) electrons. The predicted molar refractivity (Wildman–Crippen MR) is 83.5 cm³/mol. The molecule has 0 spiro atoms. The van der Waals surface area contributed by atoms with Crippen molar-refractivity contribution in [3.63, 3.8) is 0 Å². The summed E-state index contributed by atoms with van der Waals surface area (Å²) in [5.41, 5.74) is 7.16. The Morgan fingerprint density at radius 1 is 1.35 bits per heavy atom. The van der Waals surface area contributed by atoms with E-state index in [4.69, 9.17) is 17.3 Å². The number of hydrogen-bond acceptors (Lipinski definition) is 1. The van der Waals surface area contributed by atoms with Gasteiger partial charge in [0.2, 0.25) is 0 Å². The smallest absolute Gasteiger partial charge is 0.123 e. The second kappa shape index (κ2) is 6.91. The van der Waals surface area contributed by atoms with Crippen LogP contribution in [-0.2, 0) is 6.42 Å². The first kappa shape index (κ1) is 15.8. The molecule has 2 rings (SSSR count). The zero-order valence-electron chi connectivity index (χ0n) is 12.3. The van der Waals surface area contributed by atoms with Gasteiger partial charge in [-0.1, -0.05) is 37.8 Å². The highest BCUT2D eigenvalue weighted by atomic mass is 35.5. The van der Waals surface area contributed by atoms with E-state index in [1.165, 1.54) is 44.2 Å². The van der Waals surface area contributed by atoms with Gasteiger partial charge in [-0.05, 0) is 61.8 Å². The van der Waals surface area contributed by atoms with Crippen LogP contribution in [0.3, 0.4) is 0 Å². The van der Waals surface area contributed by atoms with Crippen LogP contribution in [0.2, 0.25) is 5.02 Å². The number of nitrogens with two attached hydrogens (primary N) is 1. The third kappa shape index (κ3) is 4.20. The lowest BCUT2D eigenvalue weighted by molar-refractivity contribution is 0.221. The Morgan fingerprint density at radius 2 is 2.05 bits per heavy atom. The largest absolute Gasteiger partial charge is 0.325 e. The summed E-state index contributed by atoms with van der Waals surface area (Å²) < 4.78 is 13.3. The Hall–Kier alpha value is -0.600. The molecule has 0 saturated heterocycles. The van der Waals surface area contributed by atoms with E-state index in [0.29, 0.717) is 11.4 Å². The van der Waals surface area contributed by atoms with E-state index in [2.05, 4.69) is 6.92 Å². The maximum atomic E-state index is 13.3. The first-order valence-electron chi connectivity index (χ1n) is 7.75. The molecule has 2 N–H and O–H groups in total. The molecule has 0 amide bonds. The van der Waals surface area contributed by atoms with E-state index in [1.807, 2.05) is 0 Å². The molecule has 1 aromatic carbocycles. The number of halogens is 2. The van der Waals surface area contributed by atoms with Crippen LogP contribution in [0.5, 0.6) is 0 Å². The molecule has 0 aromatic heterocycles. The van der Waals surface area contributed by atoms with Crippen LogP contribution in [0, 0.1) is 11.7 Å². The monoisotopic (exact) mass is 297 g/mol. The van der Waals surface area contributed by atoms with Crippen LogP contribution >= 0.6 is 11.6 Å². The number of unbranched alkanes of at least 4 members (excludes halogenated alkanes) is 1. The highest BCUT2D eigenvalue weighted by Crippen LogP contribution is 2.36. The molecule has 0 atom stereocenters. The standard InChI is InChI=1S/C17H25ClFN/c1-2-3-4-13-7-9-17(20,10-8-13)12-14-11-15(19)5-6-16(14)18/h5-6,11,13H,2-4,7-10,12,20H2,1H3. The molecule has 0 bridgehead atoms. The second-order valence-corrected chi connectivity index (χ2v) is 6.77. The third-order valence-corrected chi connectivity index (χ3v) is 4.99. The number of hydrogen-bond donors (Lipinski definition) is 1. The lowest BCUT2D eigenvalue weighted by atomic mass is 9.73. The molecule has 0 aliphatic heterocycles. The molecule has 0 heterocycles. The van der Waals surface area contributed by atoms with Gasteiger partial charge in [0, 0.05) is 10.6 Å². The normalized spacial score (nSPS) is 26.7. The Kier molecular flexibility index (Phi) is 5.45. The van der Waals surface area contributed by atoms with Crippen molar-refractivity contribution in [1.29, 1.82) is 0 Å². The van der Waals surface area contributed by atoms with Crippen molar-refractivity contribution in [2.75, 3.05) is 0 Å². The third-order valence-electron chi connectivity index (χ3n) is 4.62. The topological polar surface area (TPSA) is 26.0 Å². The number of rotatable bonds is 5. The van der Waals surface area contributed by atoms with Crippen LogP contribution in [-0.4, -0.2) is 5.54 Å². The molecule has 1 aromatic rings. The van der Waals surface area contributed by atoms with Crippen molar-refractivity contribution >= 4 is 11.6 Å². The Bertz CT molecular complexity index is 439. The minimum atomic E-state index is -0.232. The van der Waals surface area contributed by atoms with Gasteiger partial charge in [-0.15, -0.1) is 0 Å². The van der Waals surface area contributed by atoms with Crippen LogP contribution in [0.1, 0.15) is 57.4 Å². The Morgan fingerprint density at radius 3 is 2.70 bits per heavy atom. The second-order valence-electron chi connectivity index (χ2n) is 6.36. The van der Waals surface area contributed by atoms with Gasteiger partial charge >= 0.3 is 0 Å². The molecule has 1 fully saturated rings. The molecular formula is C17H25ClFN. The van der Waals surface area contributed by atoms with E-state index in [1.54, 1.807) is 6.07 Å². The highest BCUT2D eigenvalue weighted by molar-refractivity contribution is 6.31. The molecule has 1 aliphatic rings. The first-order chi connectivity index (χ1) is 9.52. The van der Waals surface area contributed by atoms with E-state index in [9.17, 15) is 4.39 Å². The quantitative estimate of drug-likeness (QED) is 0.804. The van der Waals surface area contributed by atoms with E-state index in [-0.39, 0.29) is 11.4 Å². The fourth-order valence-corrected chi connectivity index (χ4v) is 3.45. The van der Waals surface area contributed by atoms with E-state index >= 15 is 0 Å². The average Bonchev–Trinajstić information content (AvgIpc) is 2.42. The predicted octanol–water partition coefficient (Wildman–Crippen LogP) is 5.10. The van der Waals surface area contributed by atoms with Crippen LogP contribution in [0.4, 0.5) is 4.39 Å². The van der Waals surface area contributed by atoms with E-state index < -0.39 is 0 Å². The SMILES string of the molecule is CCCCC1CCC(N)(Cc2cc(F)ccc2Cl)CC1. The summed E-state index contributed by atoms with van der Waals surface area (Å²) in [6.45, 7) is 2.24. The molecule has 1 nitrogen and oxygen atoms in total. The maximum absolute atomic E-state index is 13.3. The lowest BCUT2D eigenvalue weighted by Crippen LogP contribution is -2.45. The van der Waals surface area contributed by atoms with Gasteiger partial charge in [0.05, 0.1) is 0 Å². The van der Waals surface area contributed by atoms with Crippen molar-refractivity contribution in [3.8, 4) is 0 Å². The van der Waals surface area contributed by atoms with Gasteiger partial charge < -0.3 is 5.73 Å². The summed E-state index contributed by atoms with van der Waals surface area (Å²) in [5, 5.41) is 0.629. The van der Waals surface area contributed by atoms with Gasteiger partial charge in [0.15, 0.2) is 0 Å². The number of benzene rings is 1. The molecule has 1 saturated carbocycles. The molecule has 20 heavy (non-hydrogen) atoms. The van der Waals surface area contributed by atoms with Crippen LogP contribution in [0.15, 0.2) is 18.2 Å². The zero-order valence-corrected chi connectivity index (χ0v) is 13.1. The summed E-state index contributed by atoms with van der Waals surface area (Å²) >= 11 is 6.15. The summed E-state index contributed by atoms with van der Waals surface area (Å²) in [7, 11) is 0. The summed E-state index contributed by atoms with van der Waals surface area (Å²) in [5.74, 6) is 0.597. The average molecular weight is 298 g/mol. The van der Waals surface area contributed by atoms with Crippen molar-refractivity contribution in [2.24, 2.45) is 11.7 Å². The summed E-state index contributed by atoms with van der Waals surface area (Å²) in [4.78, 5) is 0. The lowest BCUT2D eigenvalue weighted by Gasteiger charge is -2.37. The zero-order chi connectivity index (χ0) is 14.6. The fourth-order valence-electron chi connectivity index (χ4n) is 3.27. The summed E-state index contributed by atoms with van der Waals surface area (Å²) in [6.07, 6.45) is 9.04. The van der Waals surface area contributed by atoms with E-state index in [0.717, 1.165) is 24.3 Å². The molecular weight excluding hydrogens is 273 g/mol. The van der Waals surface area contributed by atoms with Crippen LogP contribution < -0.4 is 5.73 Å². The Labute approximate surface area is 126 Å². The molecule has 3 heteroatoms. The van der Waals surface area contributed by atoms with Gasteiger partial charge in [0.25, 0.3) is 0 Å². The summed E-state index contributed by atoms with van der Waals surface area (Å²) in [6, 6.07) is 4.55. The minimum Gasteiger partial charge on any atom is -0.325 e. The van der Waals surface area contributed by atoms with Gasteiger partial charge in [-0.2, -0.15) is 0 Å². The molecule has 112 valence electrons. The van der Waals surface area contributed by atoms with Gasteiger partial charge in [0.1, 0.15) is 5.82 Å². The van der Waals surface area contributed by atoms with Crippen LogP contribution in [0.25, 0.3) is 0 Å². The van der Waals surface area contributed by atoms with Gasteiger partial charge in [-0.25, -0.2) is 4.39 Å². The highest BCUT2D eigenvalue weighted by Gasteiger charge is 2.32. The van der Waals surface area contributed by atoms with Crippen molar-refractivity contribution in [1.82, 2.24) is 0 Å². The Balaban J connectivity index is 1.94. The van der Waals surface area contributed by atoms with Gasteiger partial charge in [-0.3, -0.25) is 0 Å². The molecule has 1 aliphatic carbocycles. The maximum Gasteiger partial charge on any atom is 0.123 e. The molecule has 0 unspecified atom stereocenters. The first-order valence-corrected chi connectivity index (χ1v) is 8.13. The minimum absolute atomic E-state index is 0.208.